The molecule has 6 nitrogen and oxygen atoms in total. The largest absolute Gasteiger partial charge is 0.479 e. The fraction of sp³-hybridized carbons (Fsp3) is 0.200. The number of hydrogen-bond acceptors (Lipinski definition) is 5. The van der Waals surface area contributed by atoms with Gasteiger partial charge < -0.3 is 5.11 Å². The van der Waals surface area contributed by atoms with E-state index in [0.717, 1.165) is 33.9 Å². The number of nitrogens with zero attached hydrogens (tertiary/aromatic N) is 2. The highest BCUT2D eigenvalue weighted by atomic mass is 35.5. The van der Waals surface area contributed by atoms with Crippen molar-refractivity contribution < 1.29 is 19.5 Å². The number of aryl methyl sites for hydroxylation is 1. The van der Waals surface area contributed by atoms with Crippen molar-refractivity contribution >= 4 is 52.5 Å². The Bertz CT molecular complexity index is 996. The van der Waals surface area contributed by atoms with Crippen molar-refractivity contribution in [2.24, 2.45) is 4.99 Å². The molecule has 2 aromatic rings. The van der Waals surface area contributed by atoms with Gasteiger partial charge in [0.05, 0.1) is 4.88 Å². The number of allylic oxidation sites excluding steroid dienone is 1. The Balaban J connectivity index is 1.80. The molecule has 28 heavy (non-hydrogen) atoms. The summed E-state index contributed by atoms with van der Waals surface area (Å²) < 4.78 is 0. The van der Waals surface area contributed by atoms with Crippen molar-refractivity contribution in [1.82, 2.24) is 4.90 Å². The fourth-order valence-corrected chi connectivity index (χ4v) is 3.95. The second-order valence-corrected chi connectivity index (χ2v) is 7.48. The van der Waals surface area contributed by atoms with Crippen LogP contribution < -0.4 is 0 Å². The first-order valence-electron chi connectivity index (χ1n) is 8.50. The maximum atomic E-state index is 12.1. The van der Waals surface area contributed by atoms with Crippen LogP contribution in [0.4, 0.5) is 0 Å². The summed E-state index contributed by atoms with van der Waals surface area (Å²) in [6.45, 7) is 0. The summed E-state index contributed by atoms with van der Waals surface area (Å²) in [6.07, 6.45) is 5.43. The summed E-state index contributed by atoms with van der Waals surface area (Å²) in [5.41, 5.74) is 1.87. The second-order valence-electron chi connectivity index (χ2n) is 6.16. The van der Waals surface area contributed by atoms with Gasteiger partial charge in [-0.1, -0.05) is 42.0 Å². The molecule has 8 heteroatoms. The lowest BCUT2D eigenvalue weighted by Gasteiger charge is -2.25. The predicted molar refractivity (Wildman–Crippen MR) is 109 cm³/mol. The molecule has 2 heterocycles. The summed E-state index contributed by atoms with van der Waals surface area (Å²) in [4.78, 5) is 41.0. The molecule has 0 fully saturated rings. The van der Waals surface area contributed by atoms with E-state index in [1.54, 1.807) is 0 Å². The second kappa shape index (κ2) is 8.50. The molecule has 144 valence electrons. The zero-order valence-corrected chi connectivity index (χ0v) is 16.5. The van der Waals surface area contributed by atoms with E-state index >= 15 is 0 Å². The van der Waals surface area contributed by atoms with E-state index in [1.165, 1.54) is 18.4 Å². The number of aliphatic carboxylic acids is 1. The summed E-state index contributed by atoms with van der Waals surface area (Å²) in [7, 11) is 1.42. The van der Waals surface area contributed by atoms with Crippen LogP contribution in [0.3, 0.4) is 0 Å². The molecule has 1 N–H and O–H groups in total. The lowest BCUT2D eigenvalue weighted by atomic mass is 10.1. The minimum Gasteiger partial charge on any atom is -0.479 e. The Morgan fingerprint density at radius 1 is 1.32 bits per heavy atom. The SMILES string of the molecule is CN1C(=O)C(=O)C(C(=O)O)N=C1c1sccc1/C=C/CCc1ccccc1Cl. The molecule has 1 aliphatic heterocycles. The Kier molecular flexibility index (Phi) is 6.06. The number of aliphatic imine (C=N–C) groups is 1. The Hall–Kier alpha value is -2.77. The molecular formula is C20H17ClN2O4S. The highest BCUT2D eigenvalue weighted by Gasteiger charge is 2.40. The van der Waals surface area contributed by atoms with Gasteiger partial charge in [-0.3, -0.25) is 14.5 Å². The number of amidine groups is 1. The molecule has 0 bridgehead atoms. The van der Waals surface area contributed by atoms with Gasteiger partial charge in [-0.15, -0.1) is 11.3 Å². The average Bonchev–Trinajstić information content (AvgIpc) is 3.13. The van der Waals surface area contributed by atoms with Gasteiger partial charge in [0, 0.05) is 12.1 Å². The van der Waals surface area contributed by atoms with Gasteiger partial charge in [0.25, 0.3) is 11.7 Å². The van der Waals surface area contributed by atoms with Crippen molar-refractivity contribution in [2.45, 2.75) is 18.9 Å². The van der Waals surface area contributed by atoms with Crippen molar-refractivity contribution in [3.8, 4) is 0 Å². The Labute approximate surface area is 170 Å². The van der Waals surface area contributed by atoms with Crippen molar-refractivity contribution in [3.05, 3.63) is 62.8 Å². The van der Waals surface area contributed by atoms with E-state index in [1.807, 2.05) is 47.9 Å². The Morgan fingerprint density at radius 3 is 2.79 bits per heavy atom. The standard InChI is InChI=1S/C20H17ClN2O4S/c1-23-18(22-15(20(26)27)16(24)19(23)25)17-13(10-11-28-17)8-3-2-6-12-7-4-5-9-14(12)21/h3-5,7-11,15H,2,6H2,1H3,(H,26,27)/b8-3+. The van der Waals surface area contributed by atoms with Crippen molar-refractivity contribution in [1.29, 1.82) is 0 Å². The highest BCUT2D eigenvalue weighted by Crippen LogP contribution is 2.24. The van der Waals surface area contributed by atoms with E-state index in [9.17, 15) is 19.5 Å². The third-order valence-electron chi connectivity index (χ3n) is 4.30. The predicted octanol–water partition coefficient (Wildman–Crippen LogP) is 3.29. The molecule has 1 atom stereocenters. The third-order valence-corrected chi connectivity index (χ3v) is 5.60. The van der Waals surface area contributed by atoms with Gasteiger partial charge in [-0.2, -0.15) is 0 Å². The number of carbonyl (C=O) groups excluding carboxylic acids is 2. The number of rotatable bonds is 6. The number of hydrogen-bond donors (Lipinski definition) is 1. The van der Waals surface area contributed by atoms with E-state index in [-0.39, 0.29) is 5.84 Å². The van der Waals surface area contributed by atoms with Gasteiger partial charge in [-0.25, -0.2) is 9.79 Å². The van der Waals surface area contributed by atoms with E-state index in [0.29, 0.717) is 4.88 Å². The van der Waals surface area contributed by atoms with E-state index < -0.39 is 23.7 Å². The van der Waals surface area contributed by atoms with Crippen LogP contribution in [-0.4, -0.2) is 46.6 Å². The number of likely N-dealkylation sites (N-methyl/N-ethyl adjacent to an activating group) is 1. The number of amides is 1. The molecule has 1 unspecified atom stereocenters. The number of ketones is 1. The number of thiophene rings is 1. The van der Waals surface area contributed by atoms with Crippen LogP contribution in [0, 0.1) is 0 Å². The zero-order valence-electron chi connectivity index (χ0n) is 15.0. The van der Waals surface area contributed by atoms with Crippen LogP contribution in [-0.2, 0) is 20.8 Å². The first-order chi connectivity index (χ1) is 13.4. The number of carbonyl (C=O) groups is 3. The summed E-state index contributed by atoms with van der Waals surface area (Å²) >= 11 is 7.49. The van der Waals surface area contributed by atoms with Gasteiger partial charge in [0.1, 0.15) is 5.84 Å². The van der Waals surface area contributed by atoms with Crippen LogP contribution in [0.1, 0.15) is 22.4 Å². The van der Waals surface area contributed by atoms with Crippen LogP contribution in [0.5, 0.6) is 0 Å². The topological polar surface area (TPSA) is 87.0 Å². The van der Waals surface area contributed by atoms with Gasteiger partial charge in [0.2, 0.25) is 6.04 Å². The first kappa shape index (κ1) is 20.0. The molecule has 0 aliphatic carbocycles. The molecule has 0 radical (unpaired) electrons. The highest BCUT2D eigenvalue weighted by molar-refractivity contribution is 7.12. The maximum absolute atomic E-state index is 12.1. The summed E-state index contributed by atoms with van der Waals surface area (Å²) in [5, 5.41) is 11.7. The molecule has 0 spiro atoms. The van der Waals surface area contributed by atoms with Crippen molar-refractivity contribution in [2.75, 3.05) is 7.05 Å². The molecule has 1 aromatic heterocycles. The lowest BCUT2D eigenvalue weighted by molar-refractivity contribution is -0.149. The van der Waals surface area contributed by atoms with Crippen LogP contribution >= 0.6 is 22.9 Å². The van der Waals surface area contributed by atoms with E-state index in [4.69, 9.17) is 11.6 Å². The third kappa shape index (κ3) is 4.05. The maximum Gasteiger partial charge on any atom is 0.336 e. The normalized spacial score (nSPS) is 17.3. The summed E-state index contributed by atoms with van der Waals surface area (Å²) in [6, 6.07) is 7.82. The minimum absolute atomic E-state index is 0.192. The number of carboxylic acids is 1. The molecule has 1 amide bonds. The molecule has 0 saturated heterocycles. The quantitative estimate of drug-likeness (QED) is 0.578. The first-order valence-corrected chi connectivity index (χ1v) is 9.76. The summed E-state index contributed by atoms with van der Waals surface area (Å²) in [5.74, 6) is -3.15. The monoisotopic (exact) mass is 416 g/mol. The minimum atomic E-state index is -1.70. The molecule has 1 aromatic carbocycles. The van der Waals surface area contributed by atoms with E-state index in [2.05, 4.69) is 4.99 Å². The van der Waals surface area contributed by atoms with Gasteiger partial charge >= 0.3 is 5.97 Å². The van der Waals surface area contributed by atoms with Crippen LogP contribution in [0.2, 0.25) is 5.02 Å². The molecule has 3 rings (SSSR count). The van der Waals surface area contributed by atoms with Crippen molar-refractivity contribution in [3.63, 3.8) is 0 Å². The fourth-order valence-electron chi connectivity index (χ4n) is 2.81. The molecule has 0 saturated carbocycles. The van der Waals surface area contributed by atoms with Gasteiger partial charge in [0.15, 0.2) is 0 Å². The number of Topliss-reactive ketones (excluding diaryl/α,β-unsaturated/α-hetero) is 1. The molecular weight excluding hydrogens is 400 g/mol. The number of halogens is 1. The number of benzene rings is 1. The average molecular weight is 417 g/mol. The number of carboxylic acid groups (broad SMARTS) is 1. The smallest absolute Gasteiger partial charge is 0.336 e. The van der Waals surface area contributed by atoms with Crippen LogP contribution in [0.15, 0.2) is 46.8 Å². The Morgan fingerprint density at radius 2 is 2.07 bits per heavy atom. The van der Waals surface area contributed by atoms with Gasteiger partial charge in [-0.05, 0) is 41.5 Å². The zero-order chi connectivity index (χ0) is 20.3. The lowest BCUT2D eigenvalue weighted by Crippen LogP contribution is -2.50. The molecule has 1 aliphatic rings. The van der Waals surface area contributed by atoms with Crippen LogP contribution in [0.25, 0.3) is 6.08 Å².